The van der Waals surface area contributed by atoms with Gasteiger partial charge in [-0.25, -0.2) is 0 Å². The molecule has 6 nitrogen and oxygen atoms in total. The van der Waals surface area contributed by atoms with Crippen LogP contribution in [0.1, 0.15) is 6.42 Å². The molecule has 4 unspecified atom stereocenters. The average molecular weight is 246 g/mol. The highest BCUT2D eigenvalue weighted by molar-refractivity contribution is 5.69. The van der Waals surface area contributed by atoms with Crippen molar-refractivity contribution in [3.8, 4) is 0 Å². The Morgan fingerprint density at radius 2 is 2.35 bits per heavy atom. The van der Waals surface area contributed by atoms with Gasteiger partial charge in [0.05, 0.1) is 20.1 Å². The molecule has 0 radical (unpaired) electrons. The van der Waals surface area contributed by atoms with Gasteiger partial charge in [0, 0.05) is 7.11 Å². The highest BCUT2D eigenvalue weighted by atomic mass is 16.7. The largest absolute Gasteiger partial charge is 0.469 e. The standard InChI is InChI=1S/C11H18O6/c1-4-8-11(7(12)6-16-8)17-10(15-3)5-9(13)14-2/h4,7-8,10-12H,1,5-6H2,2-3H3. The molecule has 1 heterocycles. The second-order valence-electron chi connectivity index (χ2n) is 3.65. The third-order valence-electron chi connectivity index (χ3n) is 2.53. The number of ether oxygens (including phenoxy) is 4. The van der Waals surface area contributed by atoms with Crippen LogP contribution in [0.15, 0.2) is 12.7 Å². The van der Waals surface area contributed by atoms with Crippen LogP contribution in [0.25, 0.3) is 0 Å². The number of aliphatic hydroxyl groups is 1. The minimum absolute atomic E-state index is 0.0416. The van der Waals surface area contributed by atoms with E-state index in [0.29, 0.717) is 0 Å². The third kappa shape index (κ3) is 3.78. The molecule has 6 heteroatoms. The molecular formula is C11H18O6. The van der Waals surface area contributed by atoms with Crippen LogP contribution >= 0.6 is 0 Å². The van der Waals surface area contributed by atoms with Gasteiger partial charge in [-0.3, -0.25) is 4.79 Å². The maximum absolute atomic E-state index is 11.1. The van der Waals surface area contributed by atoms with Crippen LogP contribution in [-0.2, 0) is 23.7 Å². The summed E-state index contributed by atoms with van der Waals surface area (Å²) in [5, 5.41) is 9.66. The normalized spacial score (nSPS) is 29.9. The molecule has 0 saturated carbocycles. The topological polar surface area (TPSA) is 74.2 Å². The Morgan fingerprint density at radius 3 is 2.88 bits per heavy atom. The molecule has 0 bridgehead atoms. The van der Waals surface area contributed by atoms with Crippen molar-refractivity contribution in [3.05, 3.63) is 12.7 Å². The van der Waals surface area contributed by atoms with Gasteiger partial charge in [-0.05, 0) is 0 Å². The zero-order valence-electron chi connectivity index (χ0n) is 10.00. The predicted octanol–water partition coefficient (Wildman–Crippen LogP) is -0.147. The Bertz CT molecular complexity index is 267. The fourth-order valence-electron chi connectivity index (χ4n) is 1.57. The average Bonchev–Trinajstić information content (AvgIpc) is 2.69. The SMILES string of the molecule is C=CC1OCC(O)C1OC(CC(=O)OC)OC. The van der Waals surface area contributed by atoms with Crippen LogP contribution in [0, 0.1) is 0 Å². The van der Waals surface area contributed by atoms with Gasteiger partial charge in [0.15, 0.2) is 6.29 Å². The summed E-state index contributed by atoms with van der Waals surface area (Å²) in [6.45, 7) is 3.77. The van der Waals surface area contributed by atoms with Gasteiger partial charge >= 0.3 is 5.97 Å². The number of aliphatic hydroxyl groups excluding tert-OH is 1. The number of hydrogen-bond acceptors (Lipinski definition) is 6. The highest BCUT2D eigenvalue weighted by Crippen LogP contribution is 2.21. The van der Waals surface area contributed by atoms with Crippen LogP contribution in [-0.4, -0.2) is 56.5 Å². The number of carbonyl (C=O) groups is 1. The molecule has 0 spiro atoms. The lowest BCUT2D eigenvalue weighted by Gasteiger charge is -2.23. The first kappa shape index (κ1) is 14.1. The maximum Gasteiger partial charge on any atom is 0.310 e. The van der Waals surface area contributed by atoms with E-state index in [4.69, 9.17) is 14.2 Å². The minimum Gasteiger partial charge on any atom is -0.469 e. The van der Waals surface area contributed by atoms with Crippen molar-refractivity contribution in [1.29, 1.82) is 0 Å². The Morgan fingerprint density at radius 1 is 1.65 bits per heavy atom. The van der Waals surface area contributed by atoms with Crippen LogP contribution in [0.4, 0.5) is 0 Å². The molecule has 4 atom stereocenters. The van der Waals surface area contributed by atoms with Crippen molar-refractivity contribution in [2.75, 3.05) is 20.8 Å². The van der Waals surface area contributed by atoms with Crippen molar-refractivity contribution < 1.29 is 28.8 Å². The molecule has 17 heavy (non-hydrogen) atoms. The number of carbonyl (C=O) groups excluding carboxylic acids is 1. The minimum atomic E-state index is -0.772. The molecule has 1 fully saturated rings. The molecule has 0 aromatic heterocycles. The summed E-state index contributed by atoms with van der Waals surface area (Å²) in [6, 6.07) is 0. The zero-order valence-corrected chi connectivity index (χ0v) is 10.00. The van der Waals surface area contributed by atoms with Crippen LogP contribution in [0.2, 0.25) is 0 Å². The molecule has 1 rings (SSSR count). The number of methoxy groups -OCH3 is 2. The molecule has 98 valence electrons. The first-order valence-electron chi connectivity index (χ1n) is 5.29. The lowest BCUT2D eigenvalue weighted by Crippen LogP contribution is -2.37. The smallest absolute Gasteiger partial charge is 0.310 e. The van der Waals surface area contributed by atoms with Crippen LogP contribution in [0.5, 0.6) is 0 Å². The van der Waals surface area contributed by atoms with Gasteiger partial charge in [-0.15, -0.1) is 6.58 Å². The second-order valence-corrected chi connectivity index (χ2v) is 3.65. The summed E-state index contributed by atoms with van der Waals surface area (Å²) in [5.41, 5.74) is 0. The van der Waals surface area contributed by atoms with E-state index < -0.39 is 30.6 Å². The van der Waals surface area contributed by atoms with Crippen molar-refractivity contribution >= 4 is 5.97 Å². The molecule has 1 N–H and O–H groups in total. The Balaban J connectivity index is 2.54. The van der Waals surface area contributed by atoms with E-state index >= 15 is 0 Å². The molecule has 0 aliphatic carbocycles. The maximum atomic E-state index is 11.1. The summed E-state index contributed by atoms with van der Waals surface area (Å²) < 4.78 is 20.2. The molecule has 0 aromatic carbocycles. The van der Waals surface area contributed by atoms with E-state index in [1.54, 1.807) is 6.08 Å². The third-order valence-corrected chi connectivity index (χ3v) is 2.53. The molecule has 1 aliphatic heterocycles. The summed E-state index contributed by atoms with van der Waals surface area (Å²) in [5.74, 6) is -0.444. The van der Waals surface area contributed by atoms with Crippen LogP contribution in [0.3, 0.4) is 0 Å². The van der Waals surface area contributed by atoms with E-state index in [2.05, 4.69) is 11.3 Å². The van der Waals surface area contributed by atoms with Gasteiger partial charge in [0.1, 0.15) is 18.3 Å². The van der Waals surface area contributed by atoms with E-state index in [1.165, 1.54) is 14.2 Å². The molecule has 0 amide bonds. The van der Waals surface area contributed by atoms with Crippen molar-refractivity contribution in [2.24, 2.45) is 0 Å². The molecule has 1 aliphatic rings. The van der Waals surface area contributed by atoms with Gasteiger partial charge in [-0.2, -0.15) is 0 Å². The Labute approximate surface area is 100 Å². The predicted molar refractivity (Wildman–Crippen MR) is 58.2 cm³/mol. The first-order valence-corrected chi connectivity index (χ1v) is 5.29. The lowest BCUT2D eigenvalue weighted by molar-refractivity contribution is -0.189. The van der Waals surface area contributed by atoms with E-state index in [9.17, 15) is 9.90 Å². The number of hydrogen-bond donors (Lipinski definition) is 1. The van der Waals surface area contributed by atoms with E-state index in [1.807, 2.05) is 0 Å². The van der Waals surface area contributed by atoms with E-state index in [-0.39, 0.29) is 13.0 Å². The van der Waals surface area contributed by atoms with Gasteiger partial charge in [0.25, 0.3) is 0 Å². The van der Waals surface area contributed by atoms with Gasteiger partial charge < -0.3 is 24.1 Å². The van der Waals surface area contributed by atoms with Crippen molar-refractivity contribution in [3.63, 3.8) is 0 Å². The van der Waals surface area contributed by atoms with Crippen molar-refractivity contribution in [2.45, 2.75) is 31.0 Å². The molecule has 1 saturated heterocycles. The Hall–Kier alpha value is -0.950. The fraction of sp³-hybridized carbons (Fsp3) is 0.727. The number of esters is 1. The Kier molecular flexibility index (Phi) is 5.57. The van der Waals surface area contributed by atoms with E-state index in [0.717, 1.165) is 0 Å². The fourth-order valence-corrected chi connectivity index (χ4v) is 1.57. The highest BCUT2D eigenvalue weighted by Gasteiger charge is 2.37. The zero-order chi connectivity index (χ0) is 12.8. The van der Waals surface area contributed by atoms with Gasteiger partial charge in [0.2, 0.25) is 0 Å². The summed E-state index contributed by atoms with van der Waals surface area (Å²) >= 11 is 0. The lowest BCUT2D eigenvalue weighted by atomic mass is 10.1. The molecule has 0 aromatic rings. The van der Waals surface area contributed by atoms with Gasteiger partial charge in [-0.1, -0.05) is 6.08 Å². The second kappa shape index (κ2) is 6.70. The van der Waals surface area contributed by atoms with Crippen LogP contribution < -0.4 is 0 Å². The first-order chi connectivity index (χ1) is 8.12. The molecular weight excluding hydrogens is 228 g/mol. The van der Waals surface area contributed by atoms with Crippen molar-refractivity contribution in [1.82, 2.24) is 0 Å². The summed E-state index contributed by atoms with van der Waals surface area (Å²) in [6.07, 6.45) is -1.01. The summed E-state index contributed by atoms with van der Waals surface area (Å²) in [4.78, 5) is 11.1. The quantitative estimate of drug-likeness (QED) is 0.399. The monoisotopic (exact) mass is 246 g/mol. The summed E-state index contributed by atoms with van der Waals surface area (Å²) in [7, 11) is 2.70. The number of rotatable bonds is 6.